The number of thiophene rings is 1. The normalized spacial score (nSPS) is 20.4. The maximum absolute atomic E-state index is 13.2. The largest absolute Gasteiger partial charge is 0.370 e. The van der Waals surface area contributed by atoms with Gasteiger partial charge in [-0.3, -0.25) is 14.5 Å². The van der Waals surface area contributed by atoms with Gasteiger partial charge in [-0.25, -0.2) is 0 Å². The number of rotatable bonds is 9. The molecule has 3 rings (SSSR count). The average Bonchev–Trinajstić information content (AvgIpc) is 3.24. The summed E-state index contributed by atoms with van der Waals surface area (Å²) in [6.45, 7) is 4.66. The van der Waals surface area contributed by atoms with Crippen molar-refractivity contribution in [3.63, 3.8) is 0 Å². The van der Waals surface area contributed by atoms with E-state index in [1.54, 1.807) is 11.3 Å². The third-order valence-corrected chi connectivity index (χ3v) is 7.54. The number of hydrogen-bond acceptors (Lipinski definition) is 4. The predicted molar refractivity (Wildman–Crippen MR) is 119 cm³/mol. The van der Waals surface area contributed by atoms with E-state index in [4.69, 9.17) is 5.73 Å². The first-order valence-electron chi connectivity index (χ1n) is 11.4. The highest BCUT2D eigenvalue weighted by Gasteiger charge is 2.30. The number of piperidine rings is 1. The van der Waals surface area contributed by atoms with Gasteiger partial charge in [0.25, 0.3) is 0 Å². The lowest BCUT2D eigenvalue weighted by molar-refractivity contribution is -0.135. The number of amides is 2. The molecule has 2 heterocycles. The summed E-state index contributed by atoms with van der Waals surface area (Å²) in [6, 6.07) is 2.61. The van der Waals surface area contributed by atoms with Gasteiger partial charge in [0.1, 0.15) is 0 Å². The Morgan fingerprint density at radius 1 is 1.21 bits per heavy atom. The van der Waals surface area contributed by atoms with Crippen molar-refractivity contribution in [2.24, 2.45) is 11.7 Å². The zero-order chi connectivity index (χ0) is 20.6. The van der Waals surface area contributed by atoms with Crippen LogP contribution in [0.25, 0.3) is 0 Å². The predicted octanol–water partition coefficient (Wildman–Crippen LogP) is 4.17. The van der Waals surface area contributed by atoms with Gasteiger partial charge in [0.15, 0.2) is 0 Å². The Balaban J connectivity index is 1.56. The van der Waals surface area contributed by atoms with E-state index >= 15 is 0 Å². The van der Waals surface area contributed by atoms with E-state index in [-0.39, 0.29) is 11.9 Å². The molecule has 1 aromatic heterocycles. The molecule has 162 valence electrons. The third kappa shape index (κ3) is 6.82. The number of hydrogen-bond donors (Lipinski definition) is 1. The average molecular weight is 420 g/mol. The van der Waals surface area contributed by atoms with E-state index in [1.807, 2.05) is 0 Å². The molecule has 1 saturated heterocycles. The van der Waals surface area contributed by atoms with Crippen molar-refractivity contribution in [1.29, 1.82) is 0 Å². The van der Waals surface area contributed by atoms with Crippen LogP contribution in [0, 0.1) is 5.92 Å². The fourth-order valence-electron chi connectivity index (χ4n) is 5.01. The molecule has 5 nitrogen and oxygen atoms in total. The van der Waals surface area contributed by atoms with Crippen molar-refractivity contribution in [3.05, 3.63) is 22.4 Å². The molecule has 6 heteroatoms. The second-order valence-corrected chi connectivity index (χ2v) is 9.76. The minimum Gasteiger partial charge on any atom is -0.370 e. The van der Waals surface area contributed by atoms with Crippen LogP contribution >= 0.6 is 11.3 Å². The first kappa shape index (κ1) is 22.3. The van der Waals surface area contributed by atoms with Gasteiger partial charge < -0.3 is 10.6 Å². The number of nitrogens with two attached hydrogens (primary N) is 1. The van der Waals surface area contributed by atoms with Crippen molar-refractivity contribution >= 4 is 23.2 Å². The van der Waals surface area contributed by atoms with Crippen LogP contribution in [0.3, 0.4) is 0 Å². The molecule has 2 amide bonds. The molecule has 1 aliphatic carbocycles. The van der Waals surface area contributed by atoms with Gasteiger partial charge in [0.05, 0.1) is 0 Å². The summed E-state index contributed by atoms with van der Waals surface area (Å²) in [5.41, 5.74) is 6.61. The summed E-state index contributed by atoms with van der Waals surface area (Å²) in [7, 11) is 0. The van der Waals surface area contributed by atoms with Gasteiger partial charge >= 0.3 is 0 Å². The fraction of sp³-hybridized carbons (Fsp3) is 0.739. The molecule has 0 aromatic carbocycles. The van der Waals surface area contributed by atoms with Gasteiger partial charge in [0.2, 0.25) is 11.8 Å². The molecule has 0 spiro atoms. The molecule has 1 unspecified atom stereocenters. The summed E-state index contributed by atoms with van der Waals surface area (Å²) in [5, 5.41) is 4.25. The topological polar surface area (TPSA) is 66.6 Å². The highest BCUT2D eigenvalue weighted by atomic mass is 32.1. The molecular weight excluding hydrogens is 382 g/mol. The molecule has 1 aliphatic heterocycles. The molecule has 29 heavy (non-hydrogen) atoms. The van der Waals surface area contributed by atoms with Crippen LogP contribution in [0.5, 0.6) is 0 Å². The zero-order valence-corrected chi connectivity index (χ0v) is 18.7. The number of carbonyl (C=O) groups is 2. The van der Waals surface area contributed by atoms with Gasteiger partial charge in [-0.1, -0.05) is 32.1 Å². The van der Waals surface area contributed by atoms with Gasteiger partial charge in [0, 0.05) is 44.6 Å². The van der Waals surface area contributed by atoms with Crippen molar-refractivity contribution in [1.82, 2.24) is 9.80 Å². The maximum atomic E-state index is 13.2. The fourth-order valence-corrected chi connectivity index (χ4v) is 5.67. The molecule has 1 aromatic rings. The molecule has 1 atom stereocenters. The minimum atomic E-state index is -0.239. The Morgan fingerprint density at radius 2 is 1.93 bits per heavy atom. The lowest BCUT2D eigenvalue weighted by Gasteiger charge is -2.40. The number of likely N-dealkylation sites (tertiary alicyclic amines) is 1. The van der Waals surface area contributed by atoms with Crippen LogP contribution in [-0.2, 0) is 16.1 Å². The second kappa shape index (κ2) is 11.1. The van der Waals surface area contributed by atoms with E-state index in [2.05, 4.69) is 33.6 Å². The van der Waals surface area contributed by atoms with E-state index in [0.717, 1.165) is 44.8 Å². The third-order valence-electron chi connectivity index (χ3n) is 6.80. The molecule has 0 radical (unpaired) electrons. The second-order valence-electron chi connectivity index (χ2n) is 8.98. The van der Waals surface area contributed by atoms with Crippen molar-refractivity contribution in [3.8, 4) is 0 Å². The molecule has 2 aliphatic rings. The first-order chi connectivity index (χ1) is 14.0. The van der Waals surface area contributed by atoms with Crippen LogP contribution < -0.4 is 5.73 Å². The number of carbonyl (C=O) groups excluding carboxylic acids is 2. The van der Waals surface area contributed by atoms with Crippen LogP contribution in [-0.4, -0.2) is 46.8 Å². The van der Waals surface area contributed by atoms with E-state index in [9.17, 15) is 9.59 Å². The van der Waals surface area contributed by atoms with Gasteiger partial charge in [-0.05, 0) is 54.5 Å². The number of primary amides is 1. The minimum absolute atomic E-state index is 0.181. The highest BCUT2D eigenvalue weighted by Crippen LogP contribution is 2.29. The van der Waals surface area contributed by atoms with E-state index in [1.165, 1.54) is 37.7 Å². The molecular formula is C23H37N3O2S. The van der Waals surface area contributed by atoms with Crippen LogP contribution in [0.4, 0.5) is 0 Å². The van der Waals surface area contributed by atoms with Gasteiger partial charge in [-0.2, -0.15) is 11.3 Å². The van der Waals surface area contributed by atoms with E-state index in [0.29, 0.717) is 24.8 Å². The molecule has 0 bridgehead atoms. The summed E-state index contributed by atoms with van der Waals surface area (Å²) >= 11 is 1.70. The van der Waals surface area contributed by atoms with E-state index < -0.39 is 0 Å². The lowest BCUT2D eigenvalue weighted by Crippen LogP contribution is -2.49. The Bertz CT molecular complexity index is 635. The quantitative estimate of drug-likeness (QED) is 0.653. The summed E-state index contributed by atoms with van der Waals surface area (Å²) in [4.78, 5) is 29.0. The smallest absolute Gasteiger partial charge is 0.223 e. The molecule has 2 fully saturated rings. The van der Waals surface area contributed by atoms with Crippen molar-refractivity contribution in [2.75, 3.05) is 13.1 Å². The zero-order valence-electron chi connectivity index (χ0n) is 17.9. The van der Waals surface area contributed by atoms with Crippen LogP contribution in [0.2, 0.25) is 0 Å². The van der Waals surface area contributed by atoms with Gasteiger partial charge in [-0.15, -0.1) is 0 Å². The van der Waals surface area contributed by atoms with Crippen molar-refractivity contribution < 1.29 is 9.59 Å². The monoisotopic (exact) mass is 419 g/mol. The maximum Gasteiger partial charge on any atom is 0.223 e. The SMILES string of the molecule is CC(CC(N)=O)N1CCC(N(Cc2ccsc2)C(=O)CCC2CCCCC2)CC1. The Hall–Kier alpha value is -1.40. The number of nitrogens with zero attached hydrogens (tertiary/aromatic N) is 2. The standard InChI is InChI=1S/C23H37N3O2S/c1-18(15-22(24)27)25-12-9-21(10-13-25)26(16-20-11-14-29-17-20)23(28)8-7-19-5-3-2-4-6-19/h11,14,17-19,21H,2-10,12-13,15-16H2,1H3,(H2,24,27). The highest BCUT2D eigenvalue weighted by molar-refractivity contribution is 7.07. The molecule has 1 saturated carbocycles. The first-order valence-corrected chi connectivity index (χ1v) is 12.3. The van der Waals surface area contributed by atoms with Crippen LogP contribution in [0.15, 0.2) is 16.8 Å². The summed E-state index contributed by atoms with van der Waals surface area (Å²) in [6.07, 6.45) is 10.7. The summed E-state index contributed by atoms with van der Waals surface area (Å²) in [5.74, 6) is 0.828. The Labute approximate surface area is 179 Å². The Kier molecular flexibility index (Phi) is 8.54. The van der Waals surface area contributed by atoms with Crippen molar-refractivity contribution in [2.45, 2.75) is 89.8 Å². The summed E-state index contributed by atoms with van der Waals surface area (Å²) < 4.78 is 0. The Morgan fingerprint density at radius 3 is 2.55 bits per heavy atom. The lowest BCUT2D eigenvalue weighted by atomic mass is 9.86. The van der Waals surface area contributed by atoms with Crippen LogP contribution in [0.1, 0.15) is 76.7 Å². The molecule has 2 N–H and O–H groups in total.